The minimum Gasteiger partial charge on any atom is -0.496 e. The number of pyridine rings is 1. The zero-order valence-corrected chi connectivity index (χ0v) is 19.7. The molecule has 1 fully saturated rings. The van der Waals surface area contributed by atoms with E-state index in [4.69, 9.17) is 9.47 Å². The Morgan fingerprint density at radius 1 is 1.14 bits per heavy atom. The third-order valence-electron chi connectivity index (χ3n) is 5.83. The van der Waals surface area contributed by atoms with E-state index < -0.39 is 18.0 Å². The maximum absolute atomic E-state index is 13.4. The van der Waals surface area contributed by atoms with Crippen molar-refractivity contribution in [1.29, 1.82) is 0 Å². The second-order valence-electron chi connectivity index (χ2n) is 8.05. The fourth-order valence-corrected chi connectivity index (χ4v) is 4.02. The van der Waals surface area contributed by atoms with Crippen LogP contribution in [-0.2, 0) is 16.0 Å². The van der Waals surface area contributed by atoms with Gasteiger partial charge in [0.05, 0.1) is 25.6 Å². The smallest absolute Gasteiger partial charge is 0.409 e. The Bertz CT molecular complexity index is 1190. The van der Waals surface area contributed by atoms with Crippen molar-refractivity contribution in [3.8, 4) is 5.75 Å². The van der Waals surface area contributed by atoms with Crippen LogP contribution in [0.5, 0.6) is 5.75 Å². The Hall–Kier alpha value is -4.15. The molecule has 0 aliphatic carbocycles. The predicted molar refractivity (Wildman–Crippen MR) is 127 cm³/mol. The largest absolute Gasteiger partial charge is 0.496 e. The maximum Gasteiger partial charge on any atom is 0.409 e. The van der Waals surface area contributed by atoms with Crippen molar-refractivity contribution in [2.24, 2.45) is 0 Å². The average Bonchev–Trinajstić information content (AvgIpc) is 3.40. The van der Waals surface area contributed by atoms with Crippen molar-refractivity contribution < 1.29 is 23.9 Å². The number of imidazole rings is 1. The van der Waals surface area contributed by atoms with Gasteiger partial charge in [-0.05, 0) is 19.1 Å². The van der Waals surface area contributed by atoms with Crippen LogP contribution in [0.1, 0.15) is 23.1 Å². The Balaban J connectivity index is 1.51. The highest BCUT2D eigenvalue weighted by atomic mass is 16.6. The molecule has 11 heteroatoms. The topological polar surface area (TPSA) is 130 Å². The lowest BCUT2D eigenvalue weighted by Crippen LogP contribution is -2.56. The summed E-state index contributed by atoms with van der Waals surface area (Å²) in [5.74, 6) is -0.214. The van der Waals surface area contributed by atoms with Gasteiger partial charge in [-0.25, -0.2) is 14.8 Å². The number of benzene rings is 1. The van der Waals surface area contributed by atoms with Crippen LogP contribution in [0.2, 0.25) is 0 Å². The SMILES string of the molecule is CCOC(=O)N1CCN(C(=O)[C@H](Cc2cnc[nH]2)NC(=O)c2cc(OC)c3ccccc3n2)CC1. The summed E-state index contributed by atoms with van der Waals surface area (Å²) in [5.41, 5.74) is 1.47. The van der Waals surface area contributed by atoms with E-state index in [-0.39, 0.29) is 18.0 Å². The molecule has 3 amide bonds. The van der Waals surface area contributed by atoms with Crippen LogP contribution in [0.15, 0.2) is 42.9 Å². The number of fused-ring (bicyclic) bond motifs is 1. The van der Waals surface area contributed by atoms with E-state index in [1.165, 1.54) is 13.4 Å². The summed E-state index contributed by atoms with van der Waals surface area (Å²) >= 11 is 0. The summed E-state index contributed by atoms with van der Waals surface area (Å²) < 4.78 is 10.5. The Kier molecular flexibility index (Phi) is 7.44. The summed E-state index contributed by atoms with van der Waals surface area (Å²) in [6.45, 7) is 3.45. The molecular weight excluding hydrogens is 452 g/mol. The normalized spacial score (nSPS) is 14.5. The number of carbonyl (C=O) groups is 3. The number of rotatable bonds is 7. The van der Waals surface area contributed by atoms with Crippen LogP contribution in [-0.4, -0.2) is 88.6 Å². The van der Waals surface area contributed by atoms with E-state index in [0.29, 0.717) is 49.7 Å². The fraction of sp³-hybridized carbons (Fsp3) is 0.375. The minimum atomic E-state index is -0.851. The Morgan fingerprint density at radius 2 is 1.89 bits per heavy atom. The zero-order chi connectivity index (χ0) is 24.8. The van der Waals surface area contributed by atoms with Crippen LogP contribution < -0.4 is 10.1 Å². The van der Waals surface area contributed by atoms with Crippen molar-refractivity contribution in [3.05, 3.63) is 54.2 Å². The standard InChI is InChI=1S/C24H28N6O5/c1-3-35-24(33)30-10-8-29(9-11-30)23(32)20(12-16-14-25-15-26-16)28-22(31)19-13-21(34-2)17-6-4-5-7-18(17)27-19/h4-7,13-15,20H,3,8-12H2,1-2H3,(H,25,26)(H,28,31)/t20-/m0/s1. The molecule has 0 unspecified atom stereocenters. The molecular formula is C24H28N6O5. The summed E-state index contributed by atoms with van der Waals surface area (Å²) in [5, 5.41) is 3.63. The third kappa shape index (κ3) is 5.51. The lowest BCUT2D eigenvalue weighted by Gasteiger charge is -2.35. The van der Waals surface area contributed by atoms with Crippen molar-refractivity contribution in [2.75, 3.05) is 39.9 Å². The molecule has 11 nitrogen and oxygen atoms in total. The van der Waals surface area contributed by atoms with Gasteiger partial charge >= 0.3 is 6.09 Å². The van der Waals surface area contributed by atoms with E-state index in [0.717, 1.165) is 5.39 Å². The zero-order valence-electron chi connectivity index (χ0n) is 19.7. The van der Waals surface area contributed by atoms with Gasteiger partial charge in [0.15, 0.2) is 0 Å². The molecule has 1 aromatic carbocycles. The molecule has 0 bridgehead atoms. The van der Waals surface area contributed by atoms with Gasteiger partial charge in [-0.3, -0.25) is 9.59 Å². The highest BCUT2D eigenvalue weighted by Gasteiger charge is 2.31. The van der Waals surface area contributed by atoms with Gasteiger partial charge in [0, 0.05) is 55.9 Å². The summed E-state index contributed by atoms with van der Waals surface area (Å²) in [4.78, 5) is 53.3. The van der Waals surface area contributed by atoms with Crippen LogP contribution >= 0.6 is 0 Å². The molecule has 1 aliphatic rings. The second-order valence-corrected chi connectivity index (χ2v) is 8.05. The number of nitrogens with one attached hydrogen (secondary N) is 2. The highest BCUT2D eigenvalue weighted by molar-refractivity contribution is 5.99. The first-order valence-corrected chi connectivity index (χ1v) is 11.4. The molecule has 1 atom stereocenters. The number of aromatic nitrogens is 3. The van der Waals surface area contributed by atoms with Crippen molar-refractivity contribution >= 4 is 28.8 Å². The van der Waals surface area contributed by atoms with Crippen LogP contribution in [0.4, 0.5) is 4.79 Å². The van der Waals surface area contributed by atoms with E-state index in [1.807, 2.05) is 18.2 Å². The third-order valence-corrected chi connectivity index (χ3v) is 5.83. The van der Waals surface area contributed by atoms with Crippen molar-refractivity contribution in [2.45, 2.75) is 19.4 Å². The summed E-state index contributed by atoms with van der Waals surface area (Å²) in [7, 11) is 1.53. The number of aromatic amines is 1. The number of hydrogen-bond donors (Lipinski definition) is 2. The molecule has 0 radical (unpaired) electrons. The number of piperazine rings is 1. The van der Waals surface area contributed by atoms with Crippen LogP contribution in [0.3, 0.4) is 0 Å². The van der Waals surface area contributed by atoms with Crippen molar-refractivity contribution in [1.82, 2.24) is 30.1 Å². The van der Waals surface area contributed by atoms with Gasteiger partial charge in [-0.2, -0.15) is 0 Å². The number of methoxy groups -OCH3 is 1. The molecule has 2 N–H and O–H groups in total. The van der Waals surface area contributed by atoms with Crippen LogP contribution in [0.25, 0.3) is 10.9 Å². The lowest BCUT2D eigenvalue weighted by atomic mass is 10.1. The van der Waals surface area contributed by atoms with Gasteiger partial charge in [-0.1, -0.05) is 12.1 Å². The predicted octanol–water partition coefficient (Wildman–Crippen LogP) is 1.61. The fourth-order valence-electron chi connectivity index (χ4n) is 4.02. The maximum atomic E-state index is 13.4. The first-order chi connectivity index (χ1) is 17.0. The molecule has 0 spiro atoms. The van der Waals surface area contributed by atoms with Gasteiger partial charge in [0.2, 0.25) is 5.91 Å². The van der Waals surface area contributed by atoms with Gasteiger partial charge in [-0.15, -0.1) is 0 Å². The van der Waals surface area contributed by atoms with E-state index in [1.54, 1.807) is 35.1 Å². The number of H-pyrrole nitrogens is 1. The number of hydrogen-bond acceptors (Lipinski definition) is 7. The van der Waals surface area contributed by atoms with Gasteiger partial charge < -0.3 is 29.6 Å². The molecule has 2 aromatic heterocycles. The Morgan fingerprint density at radius 3 is 2.57 bits per heavy atom. The summed E-state index contributed by atoms with van der Waals surface area (Å²) in [6, 6.07) is 8.07. The molecule has 0 saturated carbocycles. The number of nitrogens with zero attached hydrogens (tertiary/aromatic N) is 4. The van der Waals surface area contributed by atoms with Gasteiger partial charge in [0.1, 0.15) is 17.5 Å². The summed E-state index contributed by atoms with van der Waals surface area (Å²) in [6.07, 6.45) is 2.97. The van der Waals surface area contributed by atoms with Crippen LogP contribution in [0, 0.1) is 0 Å². The quantitative estimate of drug-likeness (QED) is 0.525. The Labute approximate surface area is 202 Å². The first kappa shape index (κ1) is 24.0. The number of para-hydroxylation sites is 1. The number of amides is 3. The lowest BCUT2D eigenvalue weighted by molar-refractivity contribution is -0.134. The number of ether oxygens (including phenoxy) is 2. The van der Waals surface area contributed by atoms with Crippen molar-refractivity contribution in [3.63, 3.8) is 0 Å². The highest BCUT2D eigenvalue weighted by Crippen LogP contribution is 2.25. The van der Waals surface area contributed by atoms with Gasteiger partial charge in [0.25, 0.3) is 5.91 Å². The van der Waals surface area contributed by atoms with E-state index in [2.05, 4.69) is 20.3 Å². The average molecular weight is 481 g/mol. The van der Waals surface area contributed by atoms with E-state index in [9.17, 15) is 14.4 Å². The number of carbonyl (C=O) groups excluding carboxylic acids is 3. The molecule has 184 valence electrons. The van der Waals surface area contributed by atoms with E-state index >= 15 is 0 Å². The molecule has 3 heterocycles. The molecule has 1 aliphatic heterocycles. The monoisotopic (exact) mass is 480 g/mol. The molecule has 1 saturated heterocycles. The first-order valence-electron chi connectivity index (χ1n) is 11.4. The molecule has 4 rings (SSSR count). The molecule has 3 aromatic rings. The second kappa shape index (κ2) is 10.9. The minimum absolute atomic E-state index is 0.148. The molecule has 35 heavy (non-hydrogen) atoms.